The fourth-order valence-electron chi connectivity index (χ4n) is 2.37. The number of rotatable bonds is 2. The highest BCUT2D eigenvalue weighted by atomic mass is 19.1. The first kappa shape index (κ1) is 16.9. The topological polar surface area (TPSA) is 72.7 Å². The van der Waals surface area contributed by atoms with E-state index in [9.17, 15) is 19.3 Å². The molecule has 6 nitrogen and oxygen atoms in total. The summed E-state index contributed by atoms with van der Waals surface area (Å²) in [6.07, 6.45) is 1.52. The molecule has 0 aliphatic carbocycles. The molecule has 23 heavy (non-hydrogen) atoms. The van der Waals surface area contributed by atoms with Crippen LogP contribution in [0.15, 0.2) is 24.3 Å². The molecule has 0 radical (unpaired) electrons. The Kier molecular flexibility index (Phi) is 4.68. The fourth-order valence-corrected chi connectivity index (χ4v) is 2.37. The number of hydrogen-bond acceptors (Lipinski definition) is 4. The highest BCUT2D eigenvalue weighted by molar-refractivity contribution is 5.76. The molecule has 2 rings (SSSR count). The van der Waals surface area contributed by atoms with Crippen molar-refractivity contribution < 1.29 is 18.8 Å². The van der Waals surface area contributed by atoms with Gasteiger partial charge in [0.2, 0.25) is 0 Å². The SMILES string of the molecule is CC(C)(C)OC(=O)N1CC=C(c2c(F)cccc2[N+](=O)[O-])CC1. The lowest BCUT2D eigenvalue weighted by Gasteiger charge is -2.29. The van der Waals surface area contributed by atoms with Crippen LogP contribution in [0.4, 0.5) is 14.9 Å². The van der Waals surface area contributed by atoms with Gasteiger partial charge in [-0.25, -0.2) is 9.18 Å². The molecule has 1 aromatic carbocycles. The van der Waals surface area contributed by atoms with Crippen LogP contribution in [0.5, 0.6) is 0 Å². The van der Waals surface area contributed by atoms with Crippen molar-refractivity contribution in [2.75, 3.05) is 13.1 Å². The maximum absolute atomic E-state index is 14.0. The second-order valence-electron chi connectivity index (χ2n) is 6.30. The predicted octanol–water partition coefficient (Wildman–Crippen LogP) is 3.76. The van der Waals surface area contributed by atoms with E-state index in [1.807, 2.05) is 0 Å². The number of hydrogen-bond donors (Lipinski definition) is 0. The lowest BCUT2D eigenvalue weighted by Crippen LogP contribution is -2.39. The first-order chi connectivity index (χ1) is 10.7. The number of ether oxygens (including phenoxy) is 1. The fraction of sp³-hybridized carbons (Fsp3) is 0.438. The smallest absolute Gasteiger partial charge is 0.410 e. The number of nitro groups is 1. The van der Waals surface area contributed by atoms with Crippen LogP contribution >= 0.6 is 0 Å². The van der Waals surface area contributed by atoms with Gasteiger partial charge >= 0.3 is 6.09 Å². The summed E-state index contributed by atoms with van der Waals surface area (Å²) in [5.41, 5.74) is -0.316. The van der Waals surface area contributed by atoms with Gasteiger partial charge in [-0.15, -0.1) is 0 Å². The number of carbonyl (C=O) groups is 1. The van der Waals surface area contributed by atoms with Crippen molar-refractivity contribution in [1.29, 1.82) is 0 Å². The Morgan fingerprint density at radius 1 is 1.39 bits per heavy atom. The molecule has 124 valence electrons. The number of halogens is 1. The molecule has 0 unspecified atom stereocenters. The quantitative estimate of drug-likeness (QED) is 0.614. The molecule has 1 aliphatic rings. The van der Waals surface area contributed by atoms with Crippen molar-refractivity contribution >= 4 is 17.4 Å². The van der Waals surface area contributed by atoms with Gasteiger partial charge < -0.3 is 9.64 Å². The van der Waals surface area contributed by atoms with Gasteiger partial charge in [0, 0.05) is 19.2 Å². The molecular weight excluding hydrogens is 303 g/mol. The van der Waals surface area contributed by atoms with Gasteiger partial charge in [0.05, 0.1) is 10.5 Å². The summed E-state index contributed by atoms with van der Waals surface area (Å²) in [5.74, 6) is -0.629. The van der Waals surface area contributed by atoms with E-state index in [0.717, 1.165) is 0 Å². The Morgan fingerprint density at radius 2 is 2.09 bits per heavy atom. The van der Waals surface area contributed by atoms with E-state index in [1.165, 1.54) is 23.1 Å². The summed E-state index contributed by atoms with van der Waals surface area (Å²) in [4.78, 5) is 24.0. The molecular formula is C16H19FN2O4. The zero-order chi connectivity index (χ0) is 17.2. The molecule has 0 fully saturated rings. The average Bonchev–Trinajstić information content (AvgIpc) is 2.45. The van der Waals surface area contributed by atoms with Crippen LogP contribution in [-0.4, -0.2) is 34.6 Å². The zero-order valence-corrected chi connectivity index (χ0v) is 13.3. The average molecular weight is 322 g/mol. The normalized spacial score (nSPS) is 15.1. The van der Waals surface area contributed by atoms with Crippen LogP contribution < -0.4 is 0 Å². The maximum Gasteiger partial charge on any atom is 0.410 e. The molecule has 7 heteroatoms. The lowest BCUT2D eigenvalue weighted by atomic mass is 9.97. The van der Waals surface area contributed by atoms with E-state index < -0.39 is 22.4 Å². The molecule has 1 amide bonds. The van der Waals surface area contributed by atoms with Gasteiger partial charge in [0.25, 0.3) is 5.69 Å². The minimum Gasteiger partial charge on any atom is -0.444 e. The molecule has 0 saturated carbocycles. The molecule has 1 heterocycles. The maximum atomic E-state index is 14.0. The van der Waals surface area contributed by atoms with E-state index in [4.69, 9.17) is 4.74 Å². The Bertz CT molecular complexity index is 665. The van der Waals surface area contributed by atoms with Crippen LogP contribution in [0.3, 0.4) is 0 Å². The lowest BCUT2D eigenvalue weighted by molar-refractivity contribution is -0.385. The first-order valence-electron chi connectivity index (χ1n) is 7.29. The minimum absolute atomic E-state index is 0.00124. The van der Waals surface area contributed by atoms with Crippen molar-refractivity contribution in [3.8, 4) is 0 Å². The van der Waals surface area contributed by atoms with Crippen LogP contribution in [0.1, 0.15) is 32.8 Å². The standard InChI is InChI=1S/C16H19FN2O4/c1-16(2,3)23-15(20)18-9-7-11(8-10-18)14-12(17)5-4-6-13(14)19(21)22/h4-7H,8-10H2,1-3H3. The van der Waals surface area contributed by atoms with Crippen LogP contribution in [-0.2, 0) is 4.74 Å². The van der Waals surface area contributed by atoms with Crippen molar-refractivity contribution in [3.05, 3.63) is 45.8 Å². The molecule has 0 N–H and O–H groups in total. The Hall–Kier alpha value is -2.44. The van der Waals surface area contributed by atoms with Crippen LogP contribution in [0.2, 0.25) is 0 Å². The van der Waals surface area contributed by atoms with Crippen LogP contribution in [0.25, 0.3) is 5.57 Å². The third-order valence-electron chi connectivity index (χ3n) is 3.37. The van der Waals surface area contributed by atoms with Crippen molar-refractivity contribution in [2.24, 2.45) is 0 Å². The summed E-state index contributed by atoms with van der Waals surface area (Å²) in [5, 5.41) is 11.1. The van der Waals surface area contributed by atoms with E-state index >= 15 is 0 Å². The molecule has 1 aliphatic heterocycles. The van der Waals surface area contributed by atoms with E-state index in [0.29, 0.717) is 18.5 Å². The van der Waals surface area contributed by atoms with E-state index in [-0.39, 0.29) is 17.8 Å². The predicted molar refractivity (Wildman–Crippen MR) is 83.5 cm³/mol. The highest BCUT2D eigenvalue weighted by Crippen LogP contribution is 2.32. The summed E-state index contributed by atoms with van der Waals surface area (Å²) >= 11 is 0. The summed E-state index contributed by atoms with van der Waals surface area (Å²) in [6, 6.07) is 3.79. The van der Waals surface area contributed by atoms with Gasteiger partial charge in [-0.05, 0) is 38.8 Å². The molecule has 0 spiro atoms. The Labute approximate surface area is 133 Å². The van der Waals surface area contributed by atoms with Gasteiger partial charge in [0.15, 0.2) is 0 Å². The van der Waals surface area contributed by atoms with E-state index in [1.54, 1.807) is 26.8 Å². The molecule has 1 aromatic rings. The van der Waals surface area contributed by atoms with Crippen molar-refractivity contribution in [3.63, 3.8) is 0 Å². The molecule has 0 aromatic heterocycles. The van der Waals surface area contributed by atoms with Gasteiger partial charge in [0.1, 0.15) is 11.4 Å². The number of benzene rings is 1. The van der Waals surface area contributed by atoms with Gasteiger partial charge in [-0.3, -0.25) is 10.1 Å². The number of carbonyl (C=O) groups excluding carboxylic acids is 1. The third-order valence-corrected chi connectivity index (χ3v) is 3.37. The third kappa shape index (κ3) is 4.06. The second kappa shape index (κ2) is 6.36. The van der Waals surface area contributed by atoms with E-state index in [2.05, 4.69) is 0 Å². The number of nitrogens with zero attached hydrogens (tertiary/aromatic N) is 2. The Morgan fingerprint density at radius 3 is 2.61 bits per heavy atom. The zero-order valence-electron chi connectivity index (χ0n) is 13.3. The monoisotopic (exact) mass is 322 g/mol. The molecule has 0 saturated heterocycles. The molecule has 0 bridgehead atoms. The van der Waals surface area contributed by atoms with Crippen molar-refractivity contribution in [1.82, 2.24) is 4.90 Å². The van der Waals surface area contributed by atoms with Gasteiger partial charge in [-0.2, -0.15) is 0 Å². The summed E-state index contributed by atoms with van der Waals surface area (Å²) in [7, 11) is 0. The van der Waals surface area contributed by atoms with Gasteiger partial charge in [-0.1, -0.05) is 12.1 Å². The first-order valence-corrected chi connectivity index (χ1v) is 7.29. The number of amides is 1. The molecule has 0 atom stereocenters. The summed E-state index contributed by atoms with van der Waals surface area (Å²) < 4.78 is 19.3. The largest absolute Gasteiger partial charge is 0.444 e. The second-order valence-corrected chi connectivity index (χ2v) is 6.30. The Balaban J connectivity index is 2.20. The highest BCUT2D eigenvalue weighted by Gasteiger charge is 2.27. The number of nitro benzene ring substituents is 1. The minimum atomic E-state index is -0.629. The van der Waals surface area contributed by atoms with Crippen molar-refractivity contribution in [2.45, 2.75) is 32.8 Å². The summed E-state index contributed by atoms with van der Waals surface area (Å²) in [6.45, 7) is 5.89. The van der Waals surface area contributed by atoms with Crippen LogP contribution in [0, 0.1) is 15.9 Å².